The van der Waals surface area contributed by atoms with Crippen LogP contribution in [0.25, 0.3) is 42.2 Å². The molecule has 590 valence electrons. The van der Waals surface area contributed by atoms with E-state index in [0.717, 1.165) is 176 Å². The number of methoxy groups -OCH3 is 2. The fourth-order valence-corrected chi connectivity index (χ4v) is 18.9. The number of nitrogens with zero attached hydrogens (tertiary/aromatic N) is 9. The van der Waals surface area contributed by atoms with Gasteiger partial charge in [0.05, 0.1) is 37.8 Å². The molecule has 12 aromatic rings. The van der Waals surface area contributed by atoms with Gasteiger partial charge in [-0.1, -0.05) is 42.5 Å². The Balaban J connectivity index is 0.000000176. The summed E-state index contributed by atoms with van der Waals surface area (Å²) in [5, 5.41) is 41.8. The molecule has 0 atom stereocenters. The average molecular weight is 1620 g/mol. The van der Waals surface area contributed by atoms with Gasteiger partial charge in [0.25, 0.3) is 0 Å². The number of rotatable bonds is 25. The summed E-state index contributed by atoms with van der Waals surface area (Å²) in [5.41, 5.74) is 13.0. The van der Waals surface area contributed by atoms with Crippen LogP contribution >= 0.6 is 37.0 Å². The van der Waals surface area contributed by atoms with Crippen LogP contribution in [-0.2, 0) is 67.5 Å². The minimum atomic E-state index is -4.27. The second-order valence-electron chi connectivity index (χ2n) is 29.3. The molecule has 0 amide bonds. The topological polar surface area (TPSA) is 242 Å². The van der Waals surface area contributed by atoms with Crippen LogP contribution in [0.4, 0.5) is 49.4 Å². The summed E-state index contributed by atoms with van der Waals surface area (Å²) in [6.07, 6.45) is -1.65. The number of halogens is 6. The van der Waals surface area contributed by atoms with E-state index in [1.807, 2.05) is 109 Å². The third-order valence-corrected chi connectivity index (χ3v) is 25.7. The SMILES string of the molecule is COc1ccc(CNc2ccc(CCn3c(C#N)cc4c(C)c(C=O)ccc43)cc2P(C)(C)=O)cc1.COc1ccc(CNc2ccc(CCn3c(C#N)cc4c(C)c(CN5CCC(Nc6ncnc7sc(CC(F)(F)F)cc67)CC5)ccc43)cc2P(C)(C)=O)cc1.FC(F)(F)Cc1cc2c(NC3CCNCC3)ncnc2s1. The normalized spacial score (nSPS) is 13.9. The molecule has 0 unspecified atom stereocenters. The summed E-state index contributed by atoms with van der Waals surface area (Å²) in [4.78, 5) is 32.2. The van der Waals surface area contributed by atoms with Crippen LogP contribution in [0.3, 0.4) is 0 Å². The number of piperidine rings is 2. The quantitative estimate of drug-likeness (QED) is 0.0203. The Bertz CT molecular complexity index is 5570. The maximum atomic E-state index is 13.4. The third-order valence-electron chi connectivity index (χ3n) is 20.5. The molecule has 29 heteroatoms. The summed E-state index contributed by atoms with van der Waals surface area (Å²) in [6.45, 7) is 18.0. The zero-order chi connectivity index (χ0) is 80.4. The number of benzene rings is 6. The van der Waals surface area contributed by atoms with Crippen molar-refractivity contribution in [1.82, 2.24) is 39.3 Å². The van der Waals surface area contributed by atoms with E-state index >= 15 is 0 Å². The van der Waals surface area contributed by atoms with Gasteiger partial charge in [-0.15, -0.1) is 22.7 Å². The minimum absolute atomic E-state index is 0.149. The van der Waals surface area contributed by atoms with Gasteiger partial charge >= 0.3 is 12.4 Å². The standard InChI is InChI=1S/C42H45F3N7O2PS.C29H30N3O3P.C13H15F3N4S/c1-27-30(25-51-16-14-31(15-17-51)50-40-36-21-34(22-42(43,44)45)56-41(36)49-26-48-40)8-12-38-35(27)20-32(23-46)52(38)18-13-28-7-11-37(39(19-28)55(3,4)53)47-24-29-5-9-33(54-2)10-6-29;1-20-23(19-33)8-12-28-26(20)16-24(17-30)32(28)14-13-21-7-11-27(29(15-21)36(3,4)34)31-18-22-5-9-25(35-2)10-6-22;14-13(15,16)6-9-5-10-11(18-7-19-12(10)21-9)20-8-1-3-17-4-2-8/h5-12,19-21,26,31,47H,13-18,22,24-25H2,1-4H3,(H,48,49,50);5-12,15-16,19,31H,13-14,18H2,1-4H3;5,7-8,17H,1-4,6H2,(H,18,19,20). The van der Waals surface area contributed by atoms with Gasteiger partial charge in [0, 0.05) is 117 Å². The molecular formula is C84H90F6N14O5P2S2. The predicted molar refractivity (Wildman–Crippen MR) is 443 cm³/mol. The first-order valence-corrected chi connectivity index (χ1v) is 44.0. The Kier molecular flexibility index (Phi) is 26.2. The Labute approximate surface area is 660 Å². The van der Waals surface area contributed by atoms with E-state index < -0.39 is 39.5 Å². The molecule has 14 rings (SSSR count). The van der Waals surface area contributed by atoms with Crippen molar-refractivity contribution in [2.45, 2.75) is 122 Å². The number of fused-ring (bicyclic) bond motifs is 4. The Morgan fingerprint density at radius 1 is 0.558 bits per heavy atom. The van der Waals surface area contributed by atoms with Gasteiger partial charge in [-0.05, 0) is 222 Å². The fourth-order valence-electron chi connectivity index (χ4n) is 14.4. The highest BCUT2D eigenvalue weighted by molar-refractivity contribution is 7.70. The molecule has 2 aliphatic rings. The van der Waals surface area contributed by atoms with Crippen molar-refractivity contribution in [3.63, 3.8) is 0 Å². The number of alkyl halides is 6. The highest BCUT2D eigenvalue weighted by Gasteiger charge is 2.32. The first-order chi connectivity index (χ1) is 54.0. The van der Waals surface area contributed by atoms with Gasteiger partial charge in [0.1, 0.15) is 89.5 Å². The molecule has 6 aromatic carbocycles. The summed E-state index contributed by atoms with van der Waals surface area (Å²) < 4.78 is 118. The number of hydrogen-bond acceptors (Lipinski definition) is 19. The molecule has 6 aromatic heterocycles. The summed E-state index contributed by atoms with van der Waals surface area (Å²) in [5.74, 6) is 2.83. The lowest BCUT2D eigenvalue weighted by molar-refractivity contribution is -0.127. The lowest BCUT2D eigenvalue weighted by Crippen LogP contribution is -2.39. The number of nitriles is 2. The van der Waals surface area contributed by atoms with E-state index in [9.17, 15) is 50.8 Å². The van der Waals surface area contributed by atoms with Crippen molar-refractivity contribution in [2.24, 2.45) is 0 Å². The number of aryl methyl sites for hydroxylation is 6. The molecule has 0 radical (unpaired) electrons. The van der Waals surface area contributed by atoms with E-state index in [-0.39, 0.29) is 15.8 Å². The number of ether oxygens (including phenoxy) is 2. The molecule has 0 bridgehead atoms. The smallest absolute Gasteiger partial charge is 0.393 e. The summed E-state index contributed by atoms with van der Waals surface area (Å²) in [7, 11) is -1.86. The molecular weight excluding hydrogens is 1530 g/mol. The lowest BCUT2D eigenvalue weighted by atomic mass is 10.0. The van der Waals surface area contributed by atoms with Crippen molar-refractivity contribution < 1.29 is 49.7 Å². The van der Waals surface area contributed by atoms with E-state index in [0.29, 0.717) is 94.1 Å². The Morgan fingerprint density at radius 3 is 1.42 bits per heavy atom. The summed E-state index contributed by atoms with van der Waals surface area (Å²) >= 11 is 2.14. The number of anilines is 4. The van der Waals surface area contributed by atoms with Crippen molar-refractivity contribution in [3.05, 3.63) is 212 Å². The lowest BCUT2D eigenvalue weighted by Gasteiger charge is -2.33. The number of carbonyl (C=O) groups excluding carboxylic acids is 1. The van der Waals surface area contributed by atoms with Crippen LogP contribution in [0.5, 0.6) is 11.5 Å². The van der Waals surface area contributed by atoms with Gasteiger partial charge in [0.15, 0.2) is 0 Å². The second kappa shape index (κ2) is 35.9. The van der Waals surface area contributed by atoms with Crippen LogP contribution < -0.4 is 46.7 Å². The van der Waals surface area contributed by atoms with Crippen molar-refractivity contribution >= 4 is 119 Å². The number of aromatic nitrogens is 6. The highest BCUT2D eigenvalue weighted by atomic mass is 32.1. The maximum absolute atomic E-state index is 13.4. The first-order valence-electron chi connectivity index (χ1n) is 37.2. The number of likely N-dealkylation sites (tertiary alicyclic amines) is 1. The molecule has 2 saturated heterocycles. The molecule has 0 saturated carbocycles. The zero-order valence-corrected chi connectivity index (χ0v) is 67.6. The van der Waals surface area contributed by atoms with Crippen molar-refractivity contribution in [3.8, 4) is 23.6 Å². The minimum Gasteiger partial charge on any atom is -0.497 e. The molecule has 19 nitrogen and oxygen atoms in total. The van der Waals surface area contributed by atoms with E-state index in [2.05, 4.69) is 93.2 Å². The van der Waals surface area contributed by atoms with Gasteiger partial charge in [-0.25, -0.2) is 19.9 Å². The molecule has 0 spiro atoms. The van der Waals surface area contributed by atoms with E-state index in [1.54, 1.807) is 59.1 Å². The van der Waals surface area contributed by atoms with Crippen LogP contribution in [0.15, 0.2) is 146 Å². The molecule has 2 fully saturated rings. The van der Waals surface area contributed by atoms with E-state index in [4.69, 9.17) is 9.47 Å². The van der Waals surface area contributed by atoms with Crippen LogP contribution in [0.1, 0.15) is 96.1 Å². The Morgan fingerprint density at radius 2 is 0.991 bits per heavy atom. The van der Waals surface area contributed by atoms with Gasteiger partial charge in [0.2, 0.25) is 0 Å². The number of nitrogens with one attached hydrogen (secondary N) is 5. The fraction of sp³-hybridized carbons (Fsp3) is 0.345. The molecule has 8 heterocycles. The van der Waals surface area contributed by atoms with Crippen LogP contribution in [0.2, 0.25) is 0 Å². The molecule has 113 heavy (non-hydrogen) atoms. The third kappa shape index (κ3) is 21.0. The van der Waals surface area contributed by atoms with E-state index in [1.165, 1.54) is 18.2 Å². The number of hydrogen-bond donors (Lipinski definition) is 5. The molecule has 0 aliphatic carbocycles. The summed E-state index contributed by atoms with van der Waals surface area (Å²) in [6, 6.07) is 48.0. The number of thiophene rings is 2. The second-order valence-corrected chi connectivity index (χ2v) is 37.9. The van der Waals surface area contributed by atoms with Crippen molar-refractivity contribution in [2.75, 3.05) is 88.3 Å². The van der Waals surface area contributed by atoms with Crippen LogP contribution in [0, 0.1) is 36.5 Å². The first kappa shape index (κ1) is 82.4. The Hall–Kier alpha value is -10.1. The maximum Gasteiger partial charge on any atom is 0.393 e. The van der Waals surface area contributed by atoms with Crippen LogP contribution in [-0.4, -0.2) is 132 Å². The zero-order valence-electron chi connectivity index (χ0n) is 64.2. The van der Waals surface area contributed by atoms with Gasteiger partial charge in [-0.2, -0.15) is 36.9 Å². The van der Waals surface area contributed by atoms with Gasteiger partial charge in [-0.3, -0.25) is 9.69 Å². The molecule has 5 N–H and O–H groups in total. The largest absolute Gasteiger partial charge is 0.497 e. The average Bonchev–Trinajstić information content (AvgIpc) is 1.64. The van der Waals surface area contributed by atoms with Gasteiger partial charge < -0.3 is 54.3 Å². The van der Waals surface area contributed by atoms with Crippen molar-refractivity contribution in [1.29, 1.82) is 10.5 Å². The number of carbonyl (C=O) groups is 1. The molecule has 2 aliphatic heterocycles. The monoisotopic (exact) mass is 1610 g/mol. The number of aldehydes is 1. The predicted octanol–water partition coefficient (Wildman–Crippen LogP) is 17.8. The highest BCUT2D eigenvalue weighted by Crippen LogP contribution is 2.41.